The molecule has 1 saturated heterocycles. The first-order valence-corrected chi connectivity index (χ1v) is 15.7. The molecule has 232 valence electrons. The van der Waals surface area contributed by atoms with Gasteiger partial charge in [0.15, 0.2) is 0 Å². The van der Waals surface area contributed by atoms with Crippen molar-refractivity contribution in [2.75, 3.05) is 25.0 Å². The zero-order valence-electron chi connectivity index (χ0n) is 26.6. The van der Waals surface area contributed by atoms with Crippen molar-refractivity contribution in [3.63, 3.8) is 0 Å². The van der Waals surface area contributed by atoms with Crippen LogP contribution in [0.15, 0.2) is 60.7 Å². The maximum Gasteiger partial charge on any atom is 0.319 e. The molecular formula is C36H48ClN3O3. The highest BCUT2D eigenvalue weighted by Gasteiger charge is 2.33. The van der Waals surface area contributed by atoms with Crippen LogP contribution in [0.5, 0.6) is 5.75 Å². The Bertz CT molecular complexity index is 1370. The Morgan fingerprint density at radius 3 is 2.07 bits per heavy atom. The van der Waals surface area contributed by atoms with E-state index < -0.39 is 5.60 Å². The highest BCUT2D eigenvalue weighted by molar-refractivity contribution is 6.31. The van der Waals surface area contributed by atoms with Crippen LogP contribution in [0.25, 0.3) is 0 Å². The molecule has 2 amide bonds. The number of rotatable bonds is 8. The van der Waals surface area contributed by atoms with E-state index in [0.717, 1.165) is 48.3 Å². The number of aryl methyl sites for hydroxylation is 2. The average Bonchev–Trinajstić information content (AvgIpc) is 2.93. The molecule has 0 unspecified atom stereocenters. The molecule has 0 spiro atoms. The van der Waals surface area contributed by atoms with Gasteiger partial charge in [-0.3, -0.25) is 4.90 Å². The fraction of sp³-hybridized carbons (Fsp3) is 0.472. The minimum Gasteiger partial charge on any atom is -0.507 e. The Hall–Kier alpha value is -3.06. The van der Waals surface area contributed by atoms with Gasteiger partial charge in [-0.15, -0.1) is 0 Å². The summed E-state index contributed by atoms with van der Waals surface area (Å²) in [5.41, 5.74) is 4.56. The molecule has 6 nitrogen and oxygen atoms in total. The van der Waals surface area contributed by atoms with Crippen molar-refractivity contribution in [3.05, 3.63) is 93.5 Å². The van der Waals surface area contributed by atoms with Gasteiger partial charge >= 0.3 is 6.03 Å². The molecule has 0 bridgehead atoms. The van der Waals surface area contributed by atoms with E-state index in [9.17, 15) is 15.0 Å². The molecule has 0 atom stereocenters. The molecule has 1 aliphatic rings. The number of aliphatic hydroxyl groups is 1. The van der Waals surface area contributed by atoms with Crippen LogP contribution in [0, 0.1) is 0 Å². The van der Waals surface area contributed by atoms with Crippen molar-refractivity contribution >= 4 is 23.3 Å². The molecule has 4 rings (SSSR count). The number of phenolic OH excluding ortho intramolecular Hbond substituents is 1. The number of nitrogens with one attached hydrogen (secondary N) is 2. The first-order chi connectivity index (χ1) is 20.1. The Kier molecular flexibility index (Phi) is 10.2. The summed E-state index contributed by atoms with van der Waals surface area (Å²) in [7, 11) is 0. The van der Waals surface area contributed by atoms with Crippen LogP contribution in [-0.4, -0.2) is 46.4 Å². The van der Waals surface area contributed by atoms with Crippen molar-refractivity contribution in [1.82, 2.24) is 10.2 Å². The van der Waals surface area contributed by atoms with Gasteiger partial charge in [0, 0.05) is 36.9 Å². The van der Waals surface area contributed by atoms with E-state index in [1.807, 2.05) is 30.3 Å². The number of piperidine rings is 1. The summed E-state index contributed by atoms with van der Waals surface area (Å²) in [6, 6.07) is 19.7. The molecule has 7 heteroatoms. The number of nitrogens with zero attached hydrogens (tertiary/aromatic N) is 1. The lowest BCUT2D eigenvalue weighted by molar-refractivity contribution is -0.0194. The Morgan fingerprint density at radius 2 is 1.49 bits per heavy atom. The number of phenols is 1. The van der Waals surface area contributed by atoms with Crippen LogP contribution in [0.2, 0.25) is 5.02 Å². The van der Waals surface area contributed by atoms with Crippen molar-refractivity contribution < 1.29 is 15.0 Å². The summed E-state index contributed by atoms with van der Waals surface area (Å²) in [6.45, 7) is 15.3. The first-order valence-electron chi connectivity index (χ1n) is 15.3. The highest BCUT2D eigenvalue weighted by Crippen LogP contribution is 2.40. The number of carbonyl (C=O) groups excluding carboxylic acids is 1. The fourth-order valence-corrected chi connectivity index (χ4v) is 5.87. The Balaban J connectivity index is 1.38. The SMILES string of the molecule is CC(C)(C)c1cc(CCc2ccc(Cl)cc2NC(=O)NCC2(O)CCN(Cc3ccccc3)CC2)cc(C(C)(C)C)c1O. The van der Waals surface area contributed by atoms with Gasteiger partial charge in [0.2, 0.25) is 0 Å². The number of likely N-dealkylation sites (tertiary alicyclic amines) is 1. The average molecular weight is 606 g/mol. The van der Waals surface area contributed by atoms with E-state index in [1.54, 1.807) is 6.07 Å². The Labute approximate surface area is 262 Å². The van der Waals surface area contributed by atoms with E-state index in [0.29, 0.717) is 35.7 Å². The topological polar surface area (TPSA) is 84.8 Å². The number of halogens is 1. The predicted octanol–water partition coefficient (Wildman–Crippen LogP) is 7.57. The molecule has 43 heavy (non-hydrogen) atoms. The summed E-state index contributed by atoms with van der Waals surface area (Å²) in [6.07, 6.45) is 2.63. The molecule has 0 saturated carbocycles. The molecule has 4 N–H and O–H groups in total. The van der Waals surface area contributed by atoms with E-state index in [-0.39, 0.29) is 23.4 Å². The summed E-state index contributed by atoms with van der Waals surface area (Å²) in [4.78, 5) is 15.3. The first kappa shape index (κ1) is 32.8. The molecular weight excluding hydrogens is 558 g/mol. The zero-order valence-corrected chi connectivity index (χ0v) is 27.3. The second-order valence-electron chi connectivity index (χ2n) is 14.1. The van der Waals surface area contributed by atoms with Crippen molar-refractivity contribution in [2.24, 2.45) is 0 Å². The minimum absolute atomic E-state index is 0.187. The third-order valence-electron chi connectivity index (χ3n) is 8.40. The van der Waals surface area contributed by atoms with Crippen LogP contribution in [-0.2, 0) is 30.2 Å². The van der Waals surface area contributed by atoms with E-state index in [1.165, 1.54) is 5.56 Å². The second kappa shape index (κ2) is 13.3. The summed E-state index contributed by atoms with van der Waals surface area (Å²) in [5.74, 6) is 0.373. The van der Waals surface area contributed by atoms with Gasteiger partial charge < -0.3 is 20.8 Å². The van der Waals surface area contributed by atoms with Crippen molar-refractivity contribution in [1.29, 1.82) is 0 Å². The quantitative estimate of drug-likeness (QED) is 0.213. The Morgan fingerprint density at radius 1 is 0.884 bits per heavy atom. The summed E-state index contributed by atoms with van der Waals surface area (Å²) in [5, 5.41) is 28.6. The van der Waals surface area contributed by atoms with Crippen molar-refractivity contribution in [3.8, 4) is 5.75 Å². The standard InChI is InChI=1S/C36H48ClN3O3/c1-34(2,3)29-20-26(21-30(32(29)41)35(4,5)6)12-13-27-14-15-28(37)22-31(27)39-33(42)38-24-36(43)16-18-40(19-17-36)23-25-10-8-7-9-11-25/h7-11,14-15,20-22,41,43H,12-13,16-19,23-24H2,1-6H3,(H2,38,39,42). The lowest BCUT2D eigenvalue weighted by Crippen LogP contribution is -2.51. The van der Waals surface area contributed by atoms with Crippen molar-refractivity contribution in [2.45, 2.75) is 90.2 Å². The number of benzene rings is 3. The predicted molar refractivity (Wildman–Crippen MR) is 177 cm³/mol. The zero-order chi connectivity index (χ0) is 31.4. The van der Waals surface area contributed by atoms with Gasteiger partial charge in [-0.25, -0.2) is 4.79 Å². The lowest BCUT2D eigenvalue weighted by atomic mass is 9.78. The fourth-order valence-electron chi connectivity index (χ4n) is 5.70. The molecule has 1 heterocycles. The third kappa shape index (κ3) is 8.98. The number of carbonyl (C=O) groups is 1. The normalized spacial score (nSPS) is 15.7. The maximum atomic E-state index is 13.0. The minimum atomic E-state index is -0.934. The number of aromatic hydroxyl groups is 1. The number of amides is 2. The molecule has 0 aromatic heterocycles. The van der Waals surface area contributed by atoms with Crippen LogP contribution in [0.4, 0.5) is 10.5 Å². The van der Waals surface area contributed by atoms with Crippen LogP contribution in [0.1, 0.15) is 82.2 Å². The van der Waals surface area contributed by atoms with Gasteiger partial charge in [0.1, 0.15) is 5.75 Å². The van der Waals surface area contributed by atoms with Gasteiger partial charge in [-0.2, -0.15) is 0 Å². The number of hydrogen-bond acceptors (Lipinski definition) is 4. The van der Waals surface area contributed by atoms with Crippen LogP contribution in [0.3, 0.4) is 0 Å². The van der Waals surface area contributed by atoms with Crippen LogP contribution < -0.4 is 10.6 Å². The number of urea groups is 1. The molecule has 1 fully saturated rings. The molecule has 0 aliphatic carbocycles. The van der Waals surface area contributed by atoms with E-state index in [2.05, 4.69) is 81.3 Å². The highest BCUT2D eigenvalue weighted by atomic mass is 35.5. The van der Waals surface area contributed by atoms with Gasteiger partial charge in [-0.1, -0.05) is 102 Å². The molecule has 1 aliphatic heterocycles. The van der Waals surface area contributed by atoms with Gasteiger partial charge in [0.05, 0.1) is 5.60 Å². The van der Waals surface area contributed by atoms with Crippen LogP contribution >= 0.6 is 11.6 Å². The largest absolute Gasteiger partial charge is 0.507 e. The molecule has 0 radical (unpaired) electrons. The second-order valence-corrected chi connectivity index (χ2v) is 14.6. The maximum absolute atomic E-state index is 13.0. The van der Waals surface area contributed by atoms with Gasteiger partial charge in [-0.05, 0) is 76.5 Å². The smallest absolute Gasteiger partial charge is 0.319 e. The summed E-state index contributed by atoms with van der Waals surface area (Å²) < 4.78 is 0. The van der Waals surface area contributed by atoms with E-state index >= 15 is 0 Å². The molecule has 3 aromatic carbocycles. The van der Waals surface area contributed by atoms with Gasteiger partial charge in [0.25, 0.3) is 0 Å². The molecule has 3 aromatic rings. The lowest BCUT2D eigenvalue weighted by Gasteiger charge is -2.38. The summed E-state index contributed by atoms with van der Waals surface area (Å²) >= 11 is 6.33. The number of anilines is 1. The van der Waals surface area contributed by atoms with E-state index in [4.69, 9.17) is 11.6 Å². The number of hydrogen-bond donors (Lipinski definition) is 4. The third-order valence-corrected chi connectivity index (χ3v) is 8.64. The monoisotopic (exact) mass is 605 g/mol.